The lowest BCUT2D eigenvalue weighted by Crippen LogP contribution is -2.00. The number of hydrogen-bond donors (Lipinski definition) is 0. The summed E-state index contributed by atoms with van der Waals surface area (Å²) in [5.41, 5.74) is 12.1. The van der Waals surface area contributed by atoms with Gasteiger partial charge in [0.1, 0.15) is 0 Å². The summed E-state index contributed by atoms with van der Waals surface area (Å²) in [5.74, 6) is 0.666. The van der Waals surface area contributed by atoms with E-state index in [-0.39, 0.29) is 5.92 Å². The molecule has 0 N–H and O–H groups in total. The summed E-state index contributed by atoms with van der Waals surface area (Å²) in [4.78, 5) is 0. The molecule has 0 aliphatic heterocycles. The molecule has 0 amide bonds. The molecule has 0 saturated heterocycles. The Balaban J connectivity index is 1.68. The molecule has 2 unspecified atom stereocenters. The maximum atomic E-state index is 4.19. The first kappa shape index (κ1) is 17.7. The van der Waals surface area contributed by atoms with Gasteiger partial charge >= 0.3 is 0 Å². The third kappa shape index (κ3) is 2.76. The molecule has 3 aliphatic carbocycles. The number of rotatable bonds is 4. The number of benzene rings is 2. The zero-order valence-corrected chi connectivity index (χ0v) is 16.7. The van der Waals surface area contributed by atoms with Gasteiger partial charge in [0.15, 0.2) is 0 Å². The molecule has 2 aromatic rings. The Morgan fingerprint density at radius 3 is 2.69 bits per heavy atom. The van der Waals surface area contributed by atoms with Crippen LogP contribution < -0.4 is 0 Å². The number of fused-ring (bicyclic) bond motifs is 7. The fraction of sp³-hybridized carbons (Fsp3) is 0.103. The molecular formula is C29H24. The van der Waals surface area contributed by atoms with E-state index in [0.29, 0.717) is 5.92 Å². The Morgan fingerprint density at radius 2 is 1.83 bits per heavy atom. The molecule has 0 aromatic heterocycles. The van der Waals surface area contributed by atoms with Gasteiger partial charge in [-0.2, -0.15) is 0 Å². The maximum absolute atomic E-state index is 4.19. The minimum Gasteiger partial charge on any atom is -0.0991 e. The number of hydrogen-bond acceptors (Lipinski definition) is 0. The molecule has 0 fully saturated rings. The lowest BCUT2D eigenvalue weighted by molar-refractivity contribution is 0.973. The largest absolute Gasteiger partial charge is 0.0991 e. The second-order valence-electron chi connectivity index (χ2n) is 7.98. The van der Waals surface area contributed by atoms with Crippen LogP contribution in [-0.2, 0) is 0 Å². The van der Waals surface area contributed by atoms with Crippen LogP contribution in [0, 0.1) is 0 Å². The molecule has 3 aliphatic rings. The van der Waals surface area contributed by atoms with Crippen molar-refractivity contribution in [2.45, 2.75) is 18.8 Å². The monoisotopic (exact) mass is 372 g/mol. The molecule has 0 bridgehead atoms. The highest BCUT2D eigenvalue weighted by Crippen LogP contribution is 2.53. The Kier molecular flexibility index (Phi) is 4.21. The summed E-state index contributed by atoms with van der Waals surface area (Å²) in [6, 6.07) is 13.6. The second kappa shape index (κ2) is 6.90. The van der Waals surface area contributed by atoms with Gasteiger partial charge < -0.3 is 0 Å². The van der Waals surface area contributed by atoms with E-state index in [1.54, 1.807) is 6.08 Å². The van der Waals surface area contributed by atoms with Crippen molar-refractivity contribution >= 4 is 6.08 Å². The standard InChI is InChI=1S/C29H24/c1-4-5-10-19(2)17-20(3)28-24-13-8-9-14-25(24)29-26(28)16-15-23-22-12-7-6-11-21(22)18-27(23)29/h4-18,22,28H,1-2H2,3H3/b10-5+,20-17+. The van der Waals surface area contributed by atoms with Crippen LogP contribution in [0.15, 0.2) is 115 Å². The Morgan fingerprint density at radius 1 is 1.00 bits per heavy atom. The zero-order valence-electron chi connectivity index (χ0n) is 16.7. The first-order chi connectivity index (χ1) is 14.2. The van der Waals surface area contributed by atoms with E-state index in [2.05, 4.69) is 92.9 Å². The van der Waals surface area contributed by atoms with Gasteiger partial charge in [0.2, 0.25) is 0 Å². The van der Waals surface area contributed by atoms with Crippen molar-refractivity contribution in [1.29, 1.82) is 0 Å². The van der Waals surface area contributed by atoms with Crippen molar-refractivity contribution in [3.8, 4) is 11.1 Å². The molecule has 5 rings (SSSR count). The van der Waals surface area contributed by atoms with Crippen LogP contribution in [0.4, 0.5) is 0 Å². The molecule has 0 radical (unpaired) electrons. The Hall–Kier alpha value is -3.38. The van der Waals surface area contributed by atoms with E-state index in [4.69, 9.17) is 0 Å². The summed E-state index contributed by atoms with van der Waals surface area (Å²) in [5, 5.41) is 0. The molecule has 2 atom stereocenters. The van der Waals surface area contributed by atoms with Crippen LogP contribution in [-0.4, -0.2) is 0 Å². The average Bonchev–Trinajstić information content (AvgIpc) is 3.27. The van der Waals surface area contributed by atoms with Gasteiger partial charge in [0, 0.05) is 11.8 Å². The first-order valence-corrected chi connectivity index (χ1v) is 10.2. The number of allylic oxidation sites excluding steroid dienone is 11. The summed E-state index contributed by atoms with van der Waals surface area (Å²) in [6.07, 6.45) is 19.2. The molecule has 0 heterocycles. The molecule has 140 valence electrons. The third-order valence-corrected chi connectivity index (χ3v) is 6.19. The normalized spacial score (nSPS) is 20.9. The minimum atomic E-state index is 0.271. The van der Waals surface area contributed by atoms with Crippen molar-refractivity contribution in [2.24, 2.45) is 0 Å². The van der Waals surface area contributed by atoms with Crippen LogP contribution >= 0.6 is 0 Å². The van der Waals surface area contributed by atoms with E-state index in [0.717, 1.165) is 5.57 Å². The van der Waals surface area contributed by atoms with Crippen LogP contribution in [0.3, 0.4) is 0 Å². The molecule has 0 nitrogen and oxygen atoms in total. The zero-order chi connectivity index (χ0) is 20.0. The molecule has 29 heavy (non-hydrogen) atoms. The van der Waals surface area contributed by atoms with Gasteiger partial charge in [-0.05, 0) is 57.5 Å². The smallest absolute Gasteiger partial charge is 0.0312 e. The average molecular weight is 373 g/mol. The molecule has 0 saturated carbocycles. The fourth-order valence-corrected chi connectivity index (χ4v) is 5.01. The fourth-order valence-electron chi connectivity index (χ4n) is 5.01. The van der Waals surface area contributed by atoms with Crippen molar-refractivity contribution < 1.29 is 0 Å². The van der Waals surface area contributed by atoms with Crippen LogP contribution in [0.5, 0.6) is 0 Å². The molecule has 2 aromatic carbocycles. The van der Waals surface area contributed by atoms with Gasteiger partial charge in [0.25, 0.3) is 0 Å². The van der Waals surface area contributed by atoms with Gasteiger partial charge in [-0.3, -0.25) is 0 Å². The SMILES string of the molecule is C=C/C=C/C(=C)/C=C(\C)C1c2ccccc2-c2c1ccc1c2C=C2C=CC=CC21. The van der Waals surface area contributed by atoms with E-state index in [9.17, 15) is 0 Å². The summed E-state index contributed by atoms with van der Waals surface area (Å²) < 4.78 is 0. The topological polar surface area (TPSA) is 0 Å². The van der Waals surface area contributed by atoms with E-state index < -0.39 is 0 Å². The summed E-state index contributed by atoms with van der Waals surface area (Å²) in [6.45, 7) is 10.2. The van der Waals surface area contributed by atoms with Crippen molar-refractivity contribution in [3.05, 3.63) is 137 Å². The predicted octanol–water partition coefficient (Wildman–Crippen LogP) is 7.65. The first-order valence-electron chi connectivity index (χ1n) is 10.2. The maximum Gasteiger partial charge on any atom is 0.0312 e. The van der Waals surface area contributed by atoms with E-state index >= 15 is 0 Å². The summed E-state index contributed by atoms with van der Waals surface area (Å²) in [7, 11) is 0. The van der Waals surface area contributed by atoms with Gasteiger partial charge in [-0.25, -0.2) is 0 Å². The minimum absolute atomic E-state index is 0.271. The lowest BCUT2D eigenvalue weighted by Gasteiger charge is -2.17. The van der Waals surface area contributed by atoms with Crippen molar-refractivity contribution in [3.63, 3.8) is 0 Å². The van der Waals surface area contributed by atoms with Crippen LogP contribution in [0.2, 0.25) is 0 Å². The van der Waals surface area contributed by atoms with Crippen LogP contribution in [0.25, 0.3) is 17.2 Å². The highest BCUT2D eigenvalue weighted by Gasteiger charge is 2.35. The van der Waals surface area contributed by atoms with Crippen molar-refractivity contribution in [2.75, 3.05) is 0 Å². The van der Waals surface area contributed by atoms with E-state index in [1.807, 2.05) is 12.2 Å². The Labute approximate surface area is 173 Å². The van der Waals surface area contributed by atoms with Crippen LogP contribution in [0.1, 0.15) is 41.0 Å². The van der Waals surface area contributed by atoms with Gasteiger partial charge in [0.05, 0.1) is 0 Å². The van der Waals surface area contributed by atoms with Gasteiger partial charge in [-0.1, -0.05) is 104 Å². The Bertz CT molecular complexity index is 1190. The molecule has 0 spiro atoms. The lowest BCUT2D eigenvalue weighted by atomic mass is 9.86. The molecule has 0 heteroatoms. The highest BCUT2D eigenvalue weighted by molar-refractivity contribution is 5.91. The summed E-state index contributed by atoms with van der Waals surface area (Å²) >= 11 is 0. The van der Waals surface area contributed by atoms with E-state index in [1.165, 1.54) is 44.5 Å². The second-order valence-corrected chi connectivity index (χ2v) is 7.98. The quantitative estimate of drug-likeness (QED) is 0.483. The van der Waals surface area contributed by atoms with Crippen molar-refractivity contribution in [1.82, 2.24) is 0 Å². The predicted molar refractivity (Wildman–Crippen MR) is 125 cm³/mol. The van der Waals surface area contributed by atoms with Gasteiger partial charge in [-0.15, -0.1) is 0 Å². The highest BCUT2D eigenvalue weighted by atomic mass is 14.4. The molecular weight excluding hydrogens is 348 g/mol. The third-order valence-electron chi connectivity index (χ3n) is 6.19.